The quantitative estimate of drug-likeness (QED) is 0.818. The Kier molecular flexibility index (Phi) is 4.04. The van der Waals surface area contributed by atoms with Gasteiger partial charge in [0.25, 0.3) is 0 Å². The van der Waals surface area contributed by atoms with E-state index in [-0.39, 0.29) is 0 Å². The lowest BCUT2D eigenvalue weighted by atomic mass is 9.99. The zero-order valence-corrected chi connectivity index (χ0v) is 10.9. The number of hydrogen-bond acceptors (Lipinski definition) is 2. The normalized spacial score (nSPS) is 20.0. The van der Waals surface area contributed by atoms with Crippen LogP contribution in [0.2, 0.25) is 0 Å². The number of hydrogen-bond donors (Lipinski definition) is 0. The molecule has 1 aliphatic rings. The molecule has 1 aliphatic heterocycles. The van der Waals surface area contributed by atoms with Gasteiger partial charge < -0.3 is 9.64 Å². The molecule has 0 N–H and O–H groups in total. The number of anilines is 1. The van der Waals surface area contributed by atoms with Gasteiger partial charge in [-0.15, -0.1) is 0 Å². The lowest BCUT2D eigenvalue weighted by molar-refractivity contribution is 0.336. The van der Waals surface area contributed by atoms with E-state index in [4.69, 9.17) is 4.74 Å². The van der Waals surface area contributed by atoms with Crippen molar-refractivity contribution in [2.75, 3.05) is 24.6 Å². The third kappa shape index (κ3) is 2.74. The van der Waals surface area contributed by atoms with Crippen molar-refractivity contribution in [3.05, 3.63) is 23.8 Å². The third-order valence-corrected chi connectivity index (χ3v) is 3.29. The molecule has 1 fully saturated rings. The summed E-state index contributed by atoms with van der Waals surface area (Å²) in [7, 11) is 0. The van der Waals surface area contributed by atoms with E-state index in [1.54, 1.807) is 6.07 Å². The fraction of sp³-hybridized carbons (Fsp3) is 0.571. The van der Waals surface area contributed by atoms with Crippen LogP contribution in [0.25, 0.3) is 0 Å². The zero-order chi connectivity index (χ0) is 13.1. The van der Waals surface area contributed by atoms with Crippen LogP contribution in [0.15, 0.2) is 12.1 Å². The van der Waals surface area contributed by atoms with Crippen LogP contribution in [0.5, 0.6) is 5.75 Å². The highest BCUT2D eigenvalue weighted by molar-refractivity contribution is 5.53. The van der Waals surface area contributed by atoms with Crippen LogP contribution in [0.1, 0.15) is 26.7 Å². The number of halogens is 2. The number of rotatable bonds is 3. The summed E-state index contributed by atoms with van der Waals surface area (Å²) in [5, 5.41) is 0. The van der Waals surface area contributed by atoms with Crippen molar-refractivity contribution in [2.24, 2.45) is 5.92 Å². The van der Waals surface area contributed by atoms with Gasteiger partial charge in [0, 0.05) is 25.2 Å². The molecular weight excluding hydrogens is 236 g/mol. The summed E-state index contributed by atoms with van der Waals surface area (Å²) in [6, 6.07) is 2.70. The molecule has 18 heavy (non-hydrogen) atoms. The molecule has 0 amide bonds. The van der Waals surface area contributed by atoms with Crippen LogP contribution in [-0.2, 0) is 0 Å². The second-order valence-corrected chi connectivity index (χ2v) is 4.86. The standard InChI is InChI=1S/C14H19F2NO/c1-3-18-11-7-12(15)14(16)13(8-11)17-6-4-5-10(2)9-17/h7-8,10H,3-6,9H2,1-2H3. The molecule has 100 valence electrons. The van der Waals surface area contributed by atoms with Crippen molar-refractivity contribution >= 4 is 5.69 Å². The first kappa shape index (κ1) is 13.1. The van der Waals surface area contributed by atoms with Crippen molar-refractivity contribution in [1.29, 1.82) is 0 Å². The highest BCUT2D eigenvalue weighted by Crippen LogP contribution is 2.30. The molecule has 1 saturated heterocycles. The molecule has 0 aliphatic carbocycles. The Morgan fingerprint density at radius 1 is 1.39 bits per heavy atom. The maximum absolute atomic E-state index is 13.9. The van der Waals surface area contributed by atoms with E-state index < -0.39 is 11.6 Å². The summed E-state index contributed by atoms with van der Waals surface area (Å²) in [5.74, 6) is -0.705. The fourth-order valence-electron chi connectivity index (χ4n) is 2.44. The van der Waals surface area contributed by atoms with Crippen LogP contribution in [0, 0.1) is 17.6 Å². The minimum Gasteiger partial charge on any atom is -0.494 e. The van der Waals surface area contributed by atoms with Crippen molar-refractivity contribution < 1.29 is 13.5 Å². The zero-order valence-electron chi connectivity index (χ0n) is 10.9. The summed E-state index contributed by atoms with van der Waals surface area (Å²) >= 11 is 0. The smallest absolute Gasteiger partial charge is 0.182 e. The van der Waals surface area contributed by atoms with E-state index >= 15 is 0 Å². The Bertz CT molecular complexity index is 423. The van der Waals surface area contributed by atoms with Gasteiger partial charge in [-0.05, 0) is 25.7 Å². The van der Waals surface area contributed by atoms with Crippen LogP contribution >= 0.6 is 0 Å². The molecule has 0 saturated carbocycles. The van der Waals surface area contributed by atoms with Gasteiger partial charge >= 0.3 is 0 Å². The molecule has 0 aromatic heterocycles. The van der Waals surface area contributed by atoms with Crippen molar-refractivity contribution in [1.82, 2.24) is 0 Å². The Balaban J connectivity index is 2.30. The minimum absolute atomic E-state index is 0.324. The molecule has 1 aromatic carbocycles. The van der Waals surface area contributed by atoms with E-state index in [2.05, 4.69) is 6.92 Å². The van der Waals surface area contributed by atoms with E-state index in [0.717, 1.165) is 32.0 Å². The van der Waals surface area contributed by atoms with Gasteiger partial charge in [0.1, 0.15) is 5.75 Å². The first-order valence-corrected chi connectivity index (χ1v) is 6.48. The van der Waals surface area contributed by atoms with Gasteiger partial charge in [-0.2, -0.15) is 0 Å². The highest BCUT2D eigenvalue weighted by Gasteiger charge is 2.22. The van der Waals surface area contributed by atoms with E-state index in [9.17, 15) is 8.78 Å². The van der Waals surface area contributed by atoms with Crippen molar-refractivity contribution in [3.63, 3.8) is 0 Å². The lowest BCUT2D eigenvalue weighted by Crippen LogP contribution is -2.35. The first-order valence-electron chi connectivity index (χ1n) is 6.48. The van der Waals surface area contributed by atoms with Crippen molar-refractivity contribution in [2.45, 2.75) is 26.7 Å². The summed E-state index contributed by atoms with van der Waals surface area (Å²) in [4.78, 5) is 1.91. The van der Waals surface area contributed by atoms with Crippen LogP contribution < -0.4 is 9.64 Å². The molecule has 1 unspecified atom stereocenters. The Labute approximate surface area is 107 Å². The maximum Gasteiger partial charge on any atom is 0.182 e. The van der Waals surface area contributed by atoms with Gasteiger partial charge in [0.2, 0.25) is 0 Å². The first-order chi connectivity index (χ1) is 8.61. The predicted octanol–water partition coefficient (Wildman–Crippen LogP) is 3.60. The molecule has 2 rings (SSSR count). The maximum atomic E-state index is 13.9. The monoisotopic (exact) mass is 255 g/mol. The number of piperidine rings is 1. The number of benzene rings is 1. The average molecular weight is 255 g/mol. The van der Waals surface area contributed by atoms with Gasteiger partial charge in [-0.3, -0.25) is 0 Å². The fourth-order valence-corrected chi connectivity index (χ4v) is 2.44. The van der Waals surface area contributed by atoms with Crippen LogP contribution in [-0.4, -0.2) is 19.7 Å². The summed E-state index contributed by atoms with van der Waals surface area (Å²) in [5.41, 5.74) is 0.324. The molecular formula is C14H19F2NO. The second-order valence-electron chi connectivity index (χ2n) is 4.86. The summed E-state index contributed by atoms with van der Waals surface area (Å²) in [6.07, 6.45) is 2.16. The lowest BCUT2D eigenvalue weighted by Gasteiger charge is -2.33. The van der Waals surface area contributed by atoms with Crippen molar-refractivity contribution in [3.8, 4) is 5.75 Å². The van der Waals surface area contributed by atoms with Gasteiger partial charge in [-0.1, -0.05) is 6.92 Å². The average Bonchev–Trinajstić information content (AvgIpc) is 2.34. The Hall–Kier alpha value is -1.32. The minimum atomic E-state index is -0.839. The van der Waals surface area contributed by atoms with Gasteiger partial charge in [-0.25, -0.2) is 8.78 Å². The molecule has 1 atom stereocenters. The summed E-state index contributed by atoms with van der Waals surface area (Å²) < 4.78 is 32.7. The number of nitrogens with zero attached hydrogens (tertiary/aromatic N) is 1. The Morgan fingerprint density at radius 3 is 2.83 bits per heavy atom. The van der Waals surface area contributed by atoms with E-state index in [1.807, 2.05) is 11.8 Å². The van der Waals surface area contributed by atoms with E-state index in [1.165, 1.54) is 0 Å². The molecule has 4 heteroatoms. The SMILES string of the molecule is CCOc1cc(F)c(F)c(N2CCCC(C)C2)c1. The molecule has 2 nitrogen and oxygen atoms in total. The predicted molar refractivity (Wildman–Crippen MR) is 68.1 cm³/mol. The third-order valence-electron chi connectivity index (χ3n) is 3.29. The molecule has 0 bridgehead atoms. The highest BCUT2D eigenvalue weighted by atomic mass is 19.2. The van der Waals surface area contributed by atoms with Gasteiger partial charge in [0.05, 0.1) is 12.3 Å². The number of ether oxygens (including phenoxy) is 1. The topological polar surface area (TPSA) is 12.5 Å². The Morgan fingerprint density at radius 2 is 2.17 bits per heavy atom. The van der Waals surface area contributed by atoms with Crippen LogP contribution in [0.4, 0.5) is 14.5 Å². The largest absolute Gasteiger partial charge is 0.494 e. The van der Waals surface area contributed by atoms with E-state index in [0.29, 0.717) is 24.0 Å². The molecule has 0 spiro atoms. The van der Waals surface area contributed by atoms with Gasteiger partial charge in [0.15, 0.2) is 11.6 Å². The molecule has 0 radical (unpaired) electrons. The summed E-state index contributed by atoms with van der Waals surface area (Å²) in [6.45, 7) is 5.94. The second kappa shape index (κ2) is 5.55. The van der Waals surface area contributed by atoms with Crippen LogP contribution in [0.3, 0.4) is 0 Å². The molecule has 1 heterocycles. The molecule has 1 aromatic rings.